The molecule has 1 atom stereocenters. The van der Waals surface area contributed by atoms with Crippen molar-refractivity contribution in [2.45, 2.75) is 32.1 Å². The Hall–Kier alpha value is -1.17. The van der Waals surface area contributed by atoms with Crippen LogP contribution in [-0.2, 0) is 0 Å². The molecule has 1 aromatic rings. The fourth-order valence-electron chi connectivity index (χ4n) is 1.85. The van der Waals surface area contributed by atoms with Crippen LogP contribution in [-0.4, -0.2) is 30.0 Å². The van der Waals surface area contributed by atoms with E-state index < -0.39 is 13.1 Å². The summed E-state index contributed by atoms with van der Waals surface area (Å²) < 4.78 is 0. The van der Waals surface area contributed by atoms with Crippen molar-refractivity contribution in [1.82, 2.24) is 5.32 Å². The van der Waals surface area contributed by atoms with Gasteiger partial charge >= 0.3 is 7.12 Å². The predicted molar refractivity (Wildman–Crippen MR) is 72.3 cm³/mol. The Morgan fingerprint density at radius 2 is 2.17 bits per heavy atom. The van der Waals surface area contributed by atoms with Crippen molar-refractivity contribution in [2.24, 2.45) is 0 Å². The normalized spacial score (nSPS) is 12.2. The Morgan fingerprint density at radius 1 is 1.39 bits per heavy atom. The molecule has 0 bridgehead atoms. The van der Waals surface area contributed by atoms with Gasteiger partial charge in [0.15, 0.2) is 0 Å². The van der Waals surface area contributed by atoms with Crippen LogP contribution in [0, 0.1) is 0 Å². The molecule has 0 aliphatic heterocycles. The summed E-state index contributed by atoms with van der Waals surface area (Å²) in [6.45, 7) is 2.84. The summed E-state index contributed by atoms with van der Waals surface area (Å²) in [7, 11) is -1.48. The van der Waals surface area contributed by atoms with Gasteiger partial charge < -0.3 is 15.4 Å². The molecular formula is C13H20BNO3. The number of nitrogens with one attached hydrogen (secondary N) is 1. The van der Waals surface area contributed by atoms with Crippen molar-refractivity contribution in [3.8, 4) is 0 Å². The van der Waals surface area contributed by atoms with Crippen molar-refractivity contribution in [1.29, 1.82) is 0 Å². The van der Waals surface area contributed by atoms with Gasteiger partial charge in [-0.2, -0.15) is 0 Å². The van der Waals surface area contributed by atoms with Gasteiger partial charge in [0, 0.05) is 5.56 Å². The summed E-state index contributed by atoms with van der Waals surface area (Å²) in [6.07, 6.45) is 3.97. The number of rotatable bonds is 8. The van der Waals surface area contributed by atoms with E-state index in [1.165, 1.54) is 0 Å². The monoisotopic (exact) mass is 249 g/mol. The zero-order valence-corrected chi connectivity index (χ0v) is 10.7. The van der Waals surface area contributed by atoms with Gasteiger partial charge in [-0.1, -0.05) is 38.0 Å². The number of aldehydes is 1. The van der Waals surface area contributed by atoms with Crippen molar-refractivity contribution in [2.75, 3.05) is 6.54 Å². The Morgan fingerprint density at radius 3 is 2.78 bits per heavy atom. The van der Waals surface area contributed by atoms with Crippen LogP contribution >= 0.6 is 0 Å². The molecule has 0 saturated carbocycles. The zero-order valence-electron chi connectivity index (χ0n) is 10.7. The highest BCUT2D eigenvalue weighted by Gasteiger charge is 2.24. The van der Waals surface area contributed by atoms with E-state index in [2.05, 4.69) is 12.2 Å². The van der Waals surface area contributed by atoms with Gasteiger partial charge in [0.2, 0.25) is 0 Å². The number of carbonyl (C=O) groups excluding carboxylic acids is 1. The summed E-state index contributed by atoms with van der Waals surface area (Å²) in [5, 5.41) is 21.9. The summed E-state index contributed by atoms with van der Waals surface area (Å²) in [5.74, 6) is -0.554. The van der Waals surface area contributed by atoms with E-state index in [9.17, 15) is 14.8 Å². The lowest BCUT2D eigenvalue weighted by Gasteiger charge is -2.18. The standard InChI is InChI=1S/C13H20BNO3/c1-2-3-4-8-15-13(14(17)18)12-7-5-6-11(9-12)10-16/h5-7,9-10,13,15,17-18H,2-4,8H2,1H3/t13-/m0/s1. The first-order valence-electron chi connectivity index (χ1n) is 6.33. The fraction of sp³-hybridized carbons (Fsp3) is 0.462. The van der Waals surface area contributed by atoms with Gasteiger partial charge in [-0.15, -0.1) is 0 Å². The molecule has 1 aromatic carbocycles. The molecule has 98 valence electrons. The Kier molecular flexibility index (Phi) is 6.64. The lowest BCUT2D eigenvalue weighted by atomic mass is 9.75. The van der Waals surface area contributed by atoms with Gasteiger partial charge in [0.1, 0.15) is 6.29 Å². The van der Waals surface area contributed by atoms with Crippen LogP contribution in [0.4, 0.5) is 0 Å². The SMILES string of the molecule is CCCCCN[C@H](B(O)O)c1cccc(C=O)c1. The second kappa shape index (κ2) is 8.03. The molecule has 0 unspecified atom stereocenters. The summed E-state index contributed by atoms with van der Waals surface area (Å²) in [6, 6.07) is 6.88. The van der Waals surface area contributed by atoms with Crippen LogP contribution < -0.4 is 5.32 Å². The Balaban J connectivity index is 2.68. The Bertz CT molecular complexity index is 371. The van der Waals surface area contributed by atoms with Gasteiger partial charge in [0.05, 0.1) is 5.94 Å². The lowest BCUT2D eigenvalue weighted by molar-refractivity contribution is 0.112. The maximum Gasteiger partial charge on any atom is 0.474 e. The van der Waals surface area contributed by atoms with Crippen molar-refractivity contribution in [3.05, 3.63) is 35.4 Å². The average molecular weight is 249 g/mol. The van der Waals surface area contributed by atoms with Crippen LogP contribution in [0.3, 0.4) is 0 Å². The highest BCUT2D eigenvalue weighted by Crippen LogP contribution is 2.15. The van der Waals surface area contributed by atoms with Crippen LogP contribution in [0.1, 0.15) is 48.0 Å². The minimum atomic E-state index is -1.48. The maximum absolute atomic E-state index is 10.7. The van der Waals surface area contributed by atoms with Crippen molar-refractivity contribution >= 4 is 13.4 Å². The molecule has 0 saturated heterocycles. The smallest absolute Gasteiger partial charge is 0.426 e. The number of benzene rings is 1. The molecule has 0 spiro atoms. The largest absolute Gasteiger partial charge is 0.474 e. The number of unbranched alkanes of at least 4 members (excludes halogenated alkanes) is 2. The van der Waals surface area contributed by atoms with Crippen LogP contribution in [0.2, 0.25) is 0 Å². The molecule has 18 heavy (non-hydrogen) atoms. The minimum absolute atomic E-state index is 0.536. The minimum Gasteiger partial charge on any atom is -0.426 e. The van der Waals surface area contributed by atoms with Gasteiger partial charge in [-0.3, -0.25) is 4.79 Å². The molecule has 1 rings (SSSR count). The first-order chi connectivity index (χ1) is 8.69. The van der Waals surface area contributed by atoms with Gasteiger partial charge in [-0.25, -0.2) is 0 Å². The van der Waals surface area contributed by atoms with E-state index in [0.717, 1.165) is 32.1 Å². The maximum atomic E-state index is 10.7. The molecule has 4 nitrogen and oxygen atoms in total. The number of carbonyl (C=O) groups is 1. The third kappa shape index (κ3) is 4.60. The van der Waals surface area contributed by atoms with Crippen molar-refractivity contribution < 1.29 is 14.8 Å². The highest BCUT2D eigenvalue weighted by atomic mass is 16.4. The van der Waals surface area contributed by atoms with E-state index in [1.54, 1.807) is 24.3 Å². The van der Waals surface area contributed by atoms with E-state index >= 15 is 0 Å². The van der Waals surface area contributed by atoms with Crippen LogP contribution in [0.15, 0.2) is 24.3 Å². The first kappa shape index (κ1) is 14.9. The fourth-order valence-corrected chi connectivity index (χ4v) is 1.85. The molecule has 0 fully saturated rings. The molecule has 0 aliphatic carbocycles. The Labute approximate surface area is 108 Å². The molecule has 0 heterocycles. The number of hydrogen-bond donors (Lipinski definition) is 3. The first-order valence-corrected chi connectivity index (χ1v) is 6.33. The second-order valence-electron chi connectivity index (χ2n) is 4.34. The van der Waals surface area contributed by atoms with E-state index in [-0.39, 0.29) is 0 Å². The molecular weight excluding hydrogens is 229 g/mol. The summed E-state index contributed by atoms with van der Waals surface area (Å²) in [5.41, 5.74) is 1.25. The quantitative estimate of drug-likeness (QED) is 0.369. The lowest BCUT2D eigenvalue weighted by Crippen LogP contribution is -2.36. The zero-order chi connectivity index (χ0) is 13.4. The van der Waals surface area contributed by atoms with E-state index in [4.69, 9.17) is 0 Å². The average Bonchev–Trinajstić information content (AvgIpc) is 2.38. The number of hydrogen-bond acceptors (Lipinski definition) is 4. The molecule has 0 aromatic heterocycles. The molecule has 0 aliphatic rings. The molecule has 3 N–H and O–H groups in total. The second-order valence-corrected chi connectivity index (χ2v) is 4.34. The van der Waals surface area contributed by atoms with Gasteiger partial charge in [0.25, 0.3) is 0 Å². The van der Waals surface area contributed by atoms with E-state index in [1.807, 2.05) is 0 Å². The van der Waals surface area contributed by atoms with Crippen LogP contribution in [0.25, 0.3) is 0 Å². The predicted octanol–water partition coefficient (Wildman–Crippen LogP) is 1.33. The molecule has 0 amide bonds. The third-order valence-electron chi connectivity index (χ3n) is 2.85. The van der Waals surface area contributed by atoms with Gasteiger partial charge in [-0.05, 0) is 24.6 Å². The van der Waals surface area contributed by atoms with Crippen molar-refractivity contribution in [3.63, 3.8) is 0 Å². The molecule has 5 heteroatoms. The summed E-state index contributed by atoms with van der Waals surface area (Å²) >= 11 is 0. The topological polar surface area (TPSA) is 69.6 Å². The van der Waals surface area contributed by atoms with Crippen LogP contribution in [0.5, 0.6) is 0 Å². The molecule has 0 radical (unpaired) electrons. The highest BCUT2D eigenvalue weighted by molar-refractivity contribution is 6.43. The third-order valence-corrected chi connectivity index (χ3v) is 2.85. The van der Waals surface area contributed by atoms with E-state index in [0.29, 0.717) is 11.1 Å². The summed E-state index contributed by atoms with van der Waals surface area (Å²) in [4.78, 5) is 10.7.